The summed E-state index contributed by atoms with van der Waals surface area (Å²) in [6.45, 7) is 12.4. The van der Waals surface area contributed by atoms with E-state index in [9.17, 15) is 0 Å². The summed E-state index contributed by atoms with van der Waals surface area (Å²) < 4.78 is 6.71. The van der Waals surface area contributed by atoms with Gasteiger partial charge in [0.25, 0.3) is 0 Å². The molecule has 2 rings (SSSR count). The maximum atomic E-state index is 5.50. The first-order valence-corrected chi connectivity index (χ1v) is 8.65. The van der Waals surface area contributed by atoms with Crippen LogP contribution in [0.25, 0.3) is 0 Å². The number of hydrogen-bond acceptors (Lipinski definition) is 3. The molecule has 21 heavy (non-hydrogen) atoms. The molecule has 0 spiro atoms. The Hall–Kier alpha value is -0.420. The maximum Gasteiger partial charge on any atom is 0.0619 e. The number of hydrogen-bond donors (Lipinski definition) is 1. The highest BCUT2D eigenvalue weighted by atomic mass is 79.9. The van der Waals surface area contributed by atoms with Crippen LogP contribution in [0.1, 0.15) is 31.9 Å². The third kappa shape index (κ3) is 5.37. The summed E-state index contributed by atoms with van der Waals surface area (Å²) in [5.41, 5.74) is 2.69. The second-order valence-corrected chi connectivity index (χ2v) is 7.20. The summed E-state index contributed by atoms with van der Waals surface area (Å²) >= 11 is 3.73. The number of ether oxygens (including phenoxy) is 1. The maximum absolute atomic E-state index is 5.50. The Labute approximate surface area is 137 Å². The van der Waals surface area contributed by atoms with Crippen LogP contribution in [0.2, 0.25) is 0 Å². The van der Waals surface area contributed by atoms with Crippen molar-refractivity contribution in [1.29, 1.82) is 0 Å². The van der Waals surface area contributed by atoms with Crippen molar-refractivity contribution in [3.63, 3.8) is 0 Å². The summed E-state index contributed by atoms with van der Waals surface area (Å²) in [5.74, 6) is 0.690. The number of nitrogens with zero attached hydrogens (tertiary/aromatic N) is 1. The van der Waals surface area contributed by atoms with Crippen LogP contribution < -0.4 is 5.32 Å². The molecule has 118 valence electrons. The SMILES string of the molecule is CC(C)CNCc1ccc(CN2CCOCC2C)c(Br)c1. The normalized spacial score (nSPS) is 20.1. The molecular weight excluding hydrogens is 328 g/mol. The van der Waals surface area contributed by atoms with Crippen LogP contribution in [-0.4, -0.2) is 37.2 Å². The fraction of sp³-hybridized carbons (Fsp3) is 0.647. The van der Waals surface area contributed by atoms with Gasteiger partial charge in [0, 0.05) is 30.1 Å². The van der Waals surface area contributed by atoms with Crippen molar-refractivity contribution in [2.24, 2.45) is 5.92 Å². The van der Waals surface area contributed by atoms with Crippen LogP contribution in [0.5, 0.6) is 0 Å². The molecule has 0 radical (unpaired) electrons. The molecule has 0 aromatic heterocycles. The van der Waals surface area contributed by atoms with Crippen LogP contribution in [0, 0.1) is 5.92 Å². The minimum atomic E-state index is 0.498. The minimum absolute atomic E-state index is 0.498. The Kier molecular flexibility index (Phi) is 6.68. The van der Waals surface area contributed by atoms with Gasteiger partial charge >= 0.3 is 0 Å². The highest BCUT2D eigenvalue weighted by Gasteiger charge is 2.19. The molecular formula is C17H27BrN2O. The van der Waals surface area contributed by atoms with Gasteiger partial charge < -0.3 is 10.1 Å². The average molecular weight is 355 g/mol. The van der Waals surface area contributed by atoms with Crippen molar-refractivity contribution in [2.45, 2.75) is 39.9 Å². The number of morpholine rings is 1. The zero-order chi connectivity index (χ0) is 15.2. The second-order valence-electron chi connectivity index (χ2n) is 6.34. The predicted molar refractivity (Wildman–Crippen MR) is 91.4 cm³/mol. The lowest BCUT2D eigenvalue weighted by Crippen LogP contribution is -2.42. The molecule has 1 aromatic carbocycles. The molecule has 3 nitrogen and oxygen atoms in total. The molecule has 1 aliphatic heterocycles. The van der Waals surface area contributed by atoms with Crippen molar-refractivity contribution in [3.8, 4) is 0 Å². The van der Waals surface area contributed by atoms with Gasteiger partial charge in [0.05, 0.1) is 13.2 Å². The lowest BCUT2D eigenvalue weighted by atomic mass is 10.1. The number of halogens is 1. The van der Waals surface area contributed by atoms with Gasteiger partial charge in [-0.25, -0.2) is 0 Å². The van der Waals surface area contributed by atoms with Crippen molar-refractivity contribution in [1.82, 2.24) is 10.2 Å². The first-order chi connectivity index (χ1) is 10.1. The topological polar surface area (TPSA) is 24.5 Å². The monoisotopic (exact) mass is 354 g/mol. The molecule has 1 heterocycles. The minimum Gasteiger partial charge on any atom is -0.379 e. The lowest BCUT2D eigenvalue weighted by molar-refractivity contribution is -0.00445. The first-order valence-electron chi connectivity index (χ1n) is 7.86. The van der Waals surface area contributed by atoms with Crippen LogP contribution in [-0.2, 0) is 17.8 Å². The molecule has 1 aliphatic rings. The molecule has 1 N–H and O–H groups in total. The van der Waals surface area contributed by atoms with Crippen LogP contribution in [0.15, 0.2) is 22.7 Å². The molecule has 0 amide bonds. The van der Waals surface area contributed by atoms with Crippen LogP contribution >= 0.6 is 15.9 Å². The van der Waals surface area contributed by atoms with E-state index in [0.717, 1.165) is 39.4 Å². The largest absolute Gasteiger partial charge is 0.379 e. The second kappa shape index (κ2) is 8.28. The number of nitrogens with one attached hydrogen (secondary N) is 1. The van der Waals surface area contributed by atoms with Gasteiger partial charge in [-0.2, -0.15) is 0 Å². The van der Waals surface area contributed by atoms with E-state index in [0.29, 0.717) is 12.0 Å². The van der Waals surface area contributed by atoms with Crippen LogP contribution in [0.3, 0.4) is 0 Å². The molecule has 1 unspecified atom stereocenters. The molecule has 0 bridgehead atoms. The lowest BCUT2D eigenvalue weighted by Gasteiger charge is -2.33. The van der Waals surface area contributed by atoms with Crippen molar-refractivity contribution in [3.05, 3.63) is 33.8 Å². The van der Waals surface area contributed by atoms with E-state index in [4.69, 9.17) is 4.74 Å². The van der Waals surface area contributed by atoms with Gasteiger partial charge in [-0.1, -0.05) is 41.9 Å². The third-order valence-corrected chi connectivity index (χ3v) is 4.62. The number of rotatable bonds is 6. The number of benzene rings is 1. The summed E-state index contributed by atoms with van der Waals surface area (Å²) in [5, 5.41) is 3.49. The van der Waals surface area contributed by atoms with E-state index in [1.54, 1.807) is 0 Å². The Morgan fingerprint density at radius 2 is 2.24 bits per heavy atom. The Balaban J connectivity index is 1.92. The summed E-state index contributed by atoms with van der Waals surface area (Å²) in [6, 6.07) is 7.23. The highest BCUT2D eigenvalue weighted by Crippen LogP contribution is 2.22. The average Bonchev–Trinajstić information content (AvgIpc) is 2.43. The van der Waals surface area contributed by atoms with Crippen molar-refractivity contribution < 1.29 is 4.74 Å². The van der Waals surface area contributed by atoms with Crippen molar-refractivity contribution >= 4 is 15.9 Å². The zero-order valence-electron chi connectivity index (χ0n) is 13.4. The smallest absolute Gasteiger partial charge is 0.0619 e. The van der Waals surface area contributed by atoms with Gasteiger partial charge in [-0.15, -0.1) is 0 Å². The quantitative estimate of drug-likeness (QED) is 0.846. The van der Waals surface area contributed by atoms with Gasteiger partial charge in [0.15, 0.2) is 0 Å². The van der Waals surface area contributed by atoms with E-state index < -0.39 is 0 Å². The van der Waals surface area contributed by atoms with Crippen molar-refractivity contribution in [2.75, 3.05) is 26.3 Å². The predicted octanol–water partition coefficient (Wildman–Crippen LogP) is 3.42. The third-order valence-electron chi connectivity index (χ3n) is 3.88. The molecule has 0 saturated carbocycles. The molecule has 1 fully saturated rings. The van der Waals surface area contributed by atoms with E-state index in [1.807, 2.05) is 0 Å². The standard InChI is InChI=1S/C17H27BrN2O/c1-13(2)9-19-10-15-4-5-16(17(18)8-15)11-20-6-7-21-12-14(20)3/h4-5,8,13-14,19H,6-7,9-12H2,1-3H3. The van der Waals surface area contributed by atoms with Gasteiger partial charge in [0.1, 0.15) is 0 Å². The molecule has 1 saturated heterocycles. The zero-order valence-corrected chi connectivity index (χ0v) is 14.9. The summed E-state index contributed by atoms with van der Waals surface area (Å²) in [6.07, 6.45) is 0. The Bertz CT molecular complexity index is 450. The van der Waals surface area contributed by atoms with E-state index >= 15 is 0 Å². The molecule has 0 aliphatic carbocycles. The Morgan fingerprint density at radius 3 is 2.90 bits per heavy atom. The van der Waals surface area contributed by atoms with E-state index in [2.05, 4.69) is 65.1 Å². The van der Waals surface area contributed by atoms with Gasteiger partial charge in [-0.3, -0.25) is 4.90 Å². The van der Waals surface area contributed by atoms with Gasteiger partial charge in [0.2, 0.25) is 0 Å². The van der Waals surface area contributed by atoms with Gasteiger partial charge in [-0.05, 0) is 36.6 Å². The Morgan fingerprint density at radius 1 is 1.43 bits per heavy atom. The fourth-order valence-corrected chi connectivity index (χ4v) is 3.10. The summed E-state index contributed by atoms with van der Waals surface area (Å²) in [7, 11) is 0. The summed E-state index contributed by atoms with van der Waals surface area (Å²) in [4.78, 5) is 2.49. The molecule has 4 heteroatoms. The van der Waals surface area contributed by atoms with E-state index in [1.165, 1.54) is 15.6 Å². The highest BCUT2D eigenvalue weighted by molar-refractivity contribution is 9.10. The first kappa shape index (κ1) is 16.9. The fourth-order valence-electron chi connectivity index (χ4n) is 2.55. The van der Waals surface area contributed by atoms with E-state index in [-0.39, 0.29) is 0 Å². The molecule has 1 aromatic rings. The molecule has 1 atom stereocenters. The van der Waals surface area contributed by atoms with Crippen LogP contribution in [0.4, 0.5) is 0 Å².